The van der Waals surface area contributed by atoms with Gasteiger partial charge in [-0.2, -0.15) is 0 Å². The molecule has 124 valence electrons. The first-order chi connectivity index (χ1) is 11.6. The van der Waals surface area contributed by atoms with Crippen LogP contribution in [0.5, 0.6) is 0 Å². The molecule has 1 unspecified atom stereocenters. The third-order valence-corrected chi connectivity index (χ3v) is 6.86. The lowest BCUT2D eigenvalue weighted by molar-refractivity contribution is 0.0832. The van der Waals surface area contributed by atoms with Gasteiger partial charge in [0.1, 0.15) is 0 Å². The largest absolute Gasteiger partial charge is 0.460 e. The fraction of sp³-hybridized carbons (Fsp3) is 0.350. The van der Waals surface area contributed by atoms with Crippen LogP contribution in [0.15, 0.2) is 63.0 Å². The highest BCUT2D eigenvalue weighted by Crippen LogP contribution is 2.49. The quantitative estimate of drug-likeness (QED) is 0.612. The number of furan rings is 1. The van der Waals surface area contributed by atoms with Gasteiger partial charge in [-0.05, 0) is 49.3 Å². The topological polar surface area (TPSA) is 47.3 Å². The summed E-state index contributed by atoms with van der Waals surface area (Å²) < 4.78 is 18.4. The summed E-state index contributed by atoms with van der Waals surface area (Å²) in [5.41, 5.74) is 1.11. The van der Waals surface area contributed by atoms with Crippen LogP contribution in [-0.4, -0.2) is 9.99 Å². The van der Waals surface area contributed by atoms with Crippen LogP contribution in [-0.2, 0) is 10.8 Å². The van der Waals surface area contributed by atoms with Crippen molar-refractivity contribution in [3.8, 4) is 0 Å². The van der Waals surface area contributed by atoms with Gasteiger partial charge < -0.3 is 4.42 Å². The Labute approximate surface area is 144 Å². The van der Waals surface area contributed by atoms with E-state index in [2.05, 4.69) is 19.1 Å². The minimum atomic E-state index is -1.40. The van der Waals surface area contributed by atoms with Crippen LogP contribution >= 0.6 is 0 Å². The summed E-state index contributed by atoms with van der Waals surface area (Å²) >= 11 is 0. The summed E-state index contributed by atoms with van der Waals surface area (Å²) in [5, 5.41) is 0. The standard InChI is InChI=1S/C20H20O3S/c1-12-3-7-16(8-4-12)24(22)17-9-10-23-20(17)19(21)18-13(2)14-5-6-15(18)11-14/h3-10,13-15,18H,11H2,1-2H3/t13-,14+,15-,18+,24?/m0/s1. The molecule has 0 N–H and O–H groups in total. The van der Waals surface area contributed by atoms with Crippen LogP contribution in [0, 0.1) is 30.6 Å². The van der Waals surface area contributed by atoms with Gasteiger partial charge >= 0.3 is 0 Å². The molecule has 5 atom stereocenters. The minimum Gasteiger partial charge on any atom is -0.460 e. The number of fused-ring (bicyclic) bond motifs is 2. The molecule has 1 heterocycles. The average Bonchev–Trinajstić information content (AvgIpc) is 3.30. The van der Waals surface area contributed by atoms with Gasteiger partial charge in [-0.1, -0.05) is 36.8 Å². The molecule has 3 nitrogen and oxygen atoms in total. The lowest BCUT2D eigenvalue weighted by Crippen LogP contribution is -2.26. The number of aryl methyl sites for hydroxylation is 1. The highest BCUT2D eigenvalue weighted by atomic mass is 32.2. The predicted octanol–water partition coefficient (Wildman–Crippen LogP) is 4.40. The Bertz CT molecular complexity index is 831. The van der Waals surface area contributed by atoms with Gasteiger partial charge in [-0.25, -0.2) is 4.21 Å². The normalized spacial score (nSPS) is 29.1. The Kier molecular flexibility index (Phi) is 3.80. The van der Waals surface area contributed by atoms with E-state index in [1.807, 2.05) is 31.2 Å². The molecule has 0 saturated heterocycles. The van der Waals surface area contributed by atoms with E-state index in [0.717, 1.165) is 12.0 Å². The maximum Gasteiger partial charge on any atom is 0.203 e. The highest BCUT2D eigenvalue weighted by molar-refractivity contribution is 7.85. The van der Waals surface area contributed by atoms with Crippen molar-refractivity contribution in [2.45, 2.75) is 30.1 Å². The SMILES string of the molecule is Cc1ccc(S(=O)c2ccoc2C(=O)[C@@H]2[C@@H](C)[C@@H]3C=C[C@H]2C3)cc1. The zero-order valence-corrected chi connectivity index (χ0v) is 14.6. The first-order valence-electron chi connectivity index (χ1n) is 8.34. The van der Waals surface area contributed by atoms with Crippen molar-refractivity contribution in [1.29, 1.82) is 0 Å². The van der Waals surface area contributed by atoms with Crippen molar-refractivity contribution in [2.75, 3.05) is 0 Å². The van der Waals surface area contributed by atoms with Crippen LogP contribution in [0.4, 0.5) is 0 Å². The smallest absolute Gasteiger partial charge is 0.203 e. The molecule has 0 radical (unpaired) electrons. The van der Waals surface area contributed by atoms with Gasteiger partial charge in [0.15, 0.2) is 5.76 Å². The molecule has 24 heavy (non-hydrogen) atoms. The van der Waals surface area contributed by atoms with Crippen LogP contribution in [0.3, 0.4) is 0 Å². The van der Waals surface area contributed by atoms with Crippen LogP contribution < -0.4 is 0 Å². The van der Waals surface area contributed by atoms with E-state index in [0.29, 0.717) is 27.5 Å². The second-order valence-corrected chi connectivity index (χ2v) is 8.34. The molecule has 4 rings (SSSR count). The van der Waals surface area contributed by atoms with Gasteiger partial charge in [-0.15, -0.1) is 0 Å². The lowest BCUT2D eigenvalue weighted by atomic mass is 9.81. The van der Waals surface area contributed by atoms with E-state index in [1.54, 1.807) is 6.07 Å². The van der Waals surface area contributed by atoms with Gasteiger partial charge in [0.25, 0.3) is 0 Å². The highest BCUT2D eigenvalue weighted by Gasteiger charge is 2.47. The third kappa shape index (κ3) is 2.40. The fourth-order valence-electron chi connectivity index (χ4n) is 4.07. The molecule has 1 aromatic heterocycles. The summed E-state index contributed by atoms with van der Waals surface area (Å²) in [5.74, 6) is 1.32. The van der Waals surface area contributed by atoms with Crippen molar-refractivity contribution in [1.82, 2.24) is 0 Å². The number of carbonyl (C=O) groups is 1. The Morgan fingerprint density at radius 2 is 1.83 bits per heavy atom. The number of rotatable bonds is 4. The third-order valence-electron chi connectivity index (χ3n) is 5.44. The van der Waals surface area contributed by atoms with Crippen LogP contribution in [0.1, 0.15) is 29.5 Å². The summed E-state index contributed by atoms with van der Waals surface area (Å²) in [6.45, 7) is 4.12. The summed E-state index contributed by atoms with van der Waals surface area (Å²) in [6, 6.07) is 9.21. The number of allylic oxidation sites excluding steroid dienone is 2. The second kappa shape index (κ2) is 5.85. The van der Waals surface area contributed by atoms with Crippen molar-refractivity contribution in [3.63, 3.8) is 0 Å². The van der Waals surface area contributed by atoms with Crippen molar-refractivity contribution in [2.24, 2.45) is 23.7 Å². The van der Waals surface area contributed by atoms with Crippen molar-refractivity contribution < 1.29 is 13.4 Å². The van der Waals surface area contributed by atoms with E-state index < -0.39 is 10.8 Å². The molecule has 4 heteroatoms. The number of Topliss-reactive ketones (excluding diaryl/α,β-unsaturated/α-hetero) is 1. The van der Waals surface area contributed by atoms with Gasteiger partial charge in [-0.3, -0.25) is 4.79 Å². The number of hydrogen-bond acceptors (Lipinski definition) is 3. The first kappa shape index (κ1) is 15.6. The van der Waals surface area contributed by atoms with Gasteiger partial charge in [0, 0.05) is 10.8 Å². The molecule has 2 aromatic rings. The molecule has 0 aliphatic heterocycles. The number of hydrogen-bond donors (Lipinski definition) is 0. The molecule has 1 aromatic carbocycles. The number of benzene rings is 1. The van der Waals surface area contributed by atoms with Crippen molar-refractivity contribution >= 4 is 16.6 Å². The van der Waals surface area contributed by atoms with E-state index >= 15 is 0 Å². The lowest BCUT2D eigenvalue weighted by Gasteiger charge is -2.22. The predicted molar refractivity (Wildman–Crippen MR) is 92.3 cm³/mol. The molecule has 1 fully saturated rings. The number of ketones is 1. The maximum atomic E-state index is 13.1. The number of carbonyl (C=O) groups excluding carboxylic acids is 1. The molecule has 1 saturated carbocycles. The first-order valence-corrected chi connectivity index (χ1v) is 9.49. The van der Waals surface area contributed by atoms with E-state index in [9.17, 15) is 9.00 Å². The Morgan fingerprint density at radius 1 is 1.12 bits per heavy atom. The van der Waals surface area contributed by atoms with Gasteiger partial charge in [0.2, 0.25) is 5.78 Å². The van der Waals surface area contributed by atoms with E-state index in [4.69, 9.17) is 4.42 Å². The average molecular weight is 340 g/mol. The van der Waals surface area contributed by atoms with Crippen molar-refractivity contribution in [3.05, 3.63) is 60.1 Å². The molecule has 0 spiro atoms. The molecular formula is C20H20O3S. The minimum absolute atomic E-state index is 0.000174. The second-order valence-electron chi connectivity index (χ2n) is 6.89. The summed E-state index contributed by atoms with van der Waals surface area (Å²) in [7, 11) is -1.40. The Balaban J connectivity index is 1.65. The van der Waals surface area contributed by atoms with Gasteiger partial charge in [0.05, 0.1) is 22.0 Å². The molecular weight excluding hydrogens is 320 g/mol. The molecule has 2 aliphatic rings. The van der Waals surface area contributed by atoms with Crippen LogP contribution in [0.2, 0.25) is 0 Å². The Hall–Kier alpha value is -1.94. The summed E-state index contributed by atoms with van der Waals surface area (Å²) in [4.78, 5) is 14.2. The van der Waals surface area contributed by atoms with E-state index in [1.165, 1.54) is 6.26 Å². The molecule has 0 amide bonds. The maximum absolute atomic E-state index is 13.1. The monoisotopic (exact) mass is 340 g/mol. The zero-order chi connectivity index (χ0) is 16.8. The Morgan fingerprint density at radius 3 is 2.50 bits per heavy atom. The van der Waals surface area contributed by atoms with Crippen LogP contribution in [0.25, 0.3) is 0 Å². The fourth-order valence-corrected chi connectivity index (χ4v) is 5.20. The zero-order valence-electron chi connectivity index (χ0n) is 13.8. The molecule has 2 aliphatic carbocycles. The summed E-state index contributed by atoms with van der Waals surface area (Å²) in [6.07, 6.45) is 6.91. The van der Waals surface area contributed by atoms with E-state index in [-0.39, 0.29) is 17.5 Å². The molecule has 2 bridgehead atoms.